The molecule has 7 nitrogen and oxygen atoms in total. The third-order valence-electron chi connectivity index (χ3n) is 6.30. The van der Waals surface area contributed by atoms with Gasteiger partial charge in [-0.25, -0.2) is 0 Å². The van der Waals surface area contributed by atoms with Gasteiger partial charge in [-0.3, -0.25) is 19.3 Å². The highest BCUT2D eigenvalue weighted by Crippen LogP contribution is 2.30. The topological polar surface area (TPSA) is 79.0 Å². The average molecular weight is 369 g/mol. The minimum absolute atomic E-state index is 0.0509. The molecule has 0 spiro atoms. The van der Waals surface area contributed by atoms with Crippen LogP contribution in [-0.2, 0) is 4.74 Å². The summed E-state index contributed by atoms with van der Waals surface area (Å²) in [5, 5.41) is 3.37. The van der Waals surface area contributed by atoms with Crippen LogP contribution in [-0.4, -0.2) is 73.0 Å². The first-order valence-corrected chi connectivity index (χ1v) is 9.73. The Balaban J connectivity index is 1.35. The van der Waals surface area contributed by atoms with Gasteiger partial charge in [-0.2, -0.15) is 0 Å². The van der Waals surface area contributed by atoms with Crippen molar-refractivity contribution >= 4 is 17.7 Å². The SMILES string of the molecule is O=C(c1ccc2c(c1)C(=O)N(CC1CCCO1)C2=O)N1C[C@H]2CNC[C@H]2C1. The van der Waals surface area contributed by atoms with E-state index in [9.17, 15) is 14.4 Å². The van der Waals surface area contributed by atoms with Crippen molar-refractivity contribution in [2.45, 2.75) is 18.9 Å². The van der Waals surface area contributed by atoms with Crippen LogP contribution in [0.15, 0.2) is 18.2 Å². The lowest BCUT2D eigenvalue weighted by molar-refractivity contribution is 0.0475. The monoisotopic (exact) mass is 369 g/mol. The highest BCUT2D eigenvalue weighted by molar-refractivity contribution is 6.22. The van der Waals surface area contributed by atoms with Crippen molar-refractivity contribution in [3.63, 3.8) is 0 Å². The van der Waals surface area contributed by atoms with Crippen molar-refractivity contribution in [1.82, 2.24) is 15.1 Å². The van der Waals surface area contributed by atoms with Crippen molar-refractivity contribution in [2.75, 3.05) is 39.3 Å². The third-order valence-corrected chi connectivity index (χ3v) is 6.30. The van der Waals surface area contributed by atoms with Crippen molar-refractivity contribution in [1.29, 1.82) is 0 Å². The summed E-state index contributed by atoms with van der Waals surface area (Å²) in [4.78, 5) is 41.4. The quantitative estimate of drug-likeness (QED) is 0.796. The smallest absolute Gasteiger partial charge is 0.261 e. The number of amides is 3. The predicted octanol–water partition coefficient (Wildman–Crippen LogP) is 0.753. The molecule has 3 fully saturated rings. The van der Waals surface area contributed by atoms with E-state index in [4.69, 9.17) is 4.74 Å². The predicted molar refractivity (Wildman–Crippen MR) is 96.5 cm³/mol. The van der Waals surface area contributed by atoms with E-state index in [1.54, 1.807) is 18.2 Å². The Labute approximate surface area is 157 Å². The number of carbonyl (C=O) groups is 3. The molecule has 7 heteroatoms. The zero-order valence-electron chi connectivity index (χ0n) is 15.1. The van der Waals surface area contributed by atoms with E-state index in [2.05, 4.69) is 5.32 Å². The maximum atomic E-state index is 12.9. The first kappa shape index (κ1) is 16.9. The molecule has 1 aromatic carbocycles. The number of fused-ring (bicyclic) bond motifs is 2. The number of nitrogens with zero attached hydrogens (tertiary/aromatic N) is 2. The Morgan fingerprint density at radius 1 is 1.11 bits per heavy atom. The molecule has 4 heterocycles. The molecular formula is C20H23N3O4. The van der Waals surface area contributed by atoms with Crippen LogP contribution in [0.5, 0.6) is 0 Å². The normalized spacial score (nSPS) is 29.6. The third kappa shape index (κ3) is 2.76. The maximum Gasteiger partial charge on any atom is 0.261 e. The Kier molecular flexibility index (Phi) is 4.02. The van der Waals surface area contributed by atoms with Gasteiger partial charge < -0.3 is 15.0 Å². The number of carbonyl (C=O) groups excluding carboxylic acids is 3. The van der Waals surface area contributed by atoms with Crippen LogP contribution in [0.1, 0.15) is 43.9 Å². The van der Waals surface area contributed by atoms with Gasteiger partial charge in [-0.15, -0.1) is 0 Å². The molecule has 142 valence electrons. The first-order chi connectivity index (χ1) is 13.1. The molecule has 0 aromatic heterocycles. The van der Waals surface area contributed by atoms with Crippen molar-refractivity contribution < 1.29 is 19.1 Å². The summed E-state index contributed by atoms with van der Waals surface area (Å²) >= 11 is 0. The van der Waals surface area contributed by atoms with Gasteiger partial charge in [0.2, 0.25) is 0 Å². The summed E-state index contributed by atoms with van der Waals surface area (Å²) in [6.07, 6.45) is 1.74. The summed E-state index contributed by atoms with van der Waals surface area (Å²) in [5.41, 5.74) is 1.21. The Morgan fingerprint density at radius 2 is 1.85 bits per heavy atom. The Hall–Kier alpha value is -2.25. The number of hydrogen-bond acceptors (Lipinski definition) is 5. The molecule has 1 unspecified atom stereocenters. The van der Waals surface area contributed by atoms with Crippen molar-refractivity contribution in [2.24, 2.45) is 11.8 Å². The molecular weight excluding hydrogens is 346 g/mol. The summed E-state index contributed by atoms with van der Waals surface area (Å²) < 4.78 is 5.56. The summed E-state index contributed by atoms with van der Waals surface area (Å²) in [7, 11) is 0. The second kappa shape index (κ2) is 6.42. The fraction of sp³-hybridized carbons (Fsp3) is 0.550. The van der Waals surface area contributed by atoms with E-state index >= 15 is 0 Å². The molecule has 0 aliphatic carbocycles. The highest BCUT2D eigenvalue weighted by atomic mass is 16.5. The van der Waals surface area contributed by atoms with Gasteiger partial charge in [0, 0.05) is 38.3 Å². The van der Waals surface area contributed by atoms with Gasteiger partial charge in [0.25, 0.3) is 17.7 Å². The summed E-state index contributed by atoms with van der Waals surface area (Å²) in [6.45, 7) is 4.41. The molecule has 0 saturated carbocycles. The molecule has 1 aromatic rings. The van der Waals surface area contributed by atoms with Crippen LogP contribution in [0.3, 0.4) is 0 Å². The maximum absolute atomic E-state index is 12.9. The second-order valence-electron chi connectivity index (χ2n) is 8.00. The van der Waals surface area contributed by atoms with E-state index in [1.807, 2.05) is 4.90 Å². The van der Waals surface area contributed by atoms with Crippen molar-refractivity contribution in [3.05, 3.63) is 34.9 Å². The van der Waals surface area contributed by atoms with Gasteiger partial charge >= 0.3 is 0 Å². The molecule has 4 aliphatic heterocycles. The summed E-state index contributed by atoms with van der Waals surface area (Å²) in [5.74, 6) is 0.390. The Bertz CT molecular complexity index is 805. The molecule has 1 N–H and O–H groups in total. The number of rotatable bonds is 3. The zero-order valence-corrected chi connectivity index (χ0v) is 15.1. The van der Waals surface area contributed by atoms with E-state index in [-0.39, 0.29) is 30.4 Å². The standard InChI is InChI=1S/C20H23N3O4/c24-18(22-9-13-7-21-8-14(13)10-22)12-3-4-16-17(6-12)20(26)23(19(16)25)11-15-2-1-5-27-15/h3-4,6,13-15,21H,1-2,5,7-11H2/t13-,14+,15?. The van der Waals surface area contributed by atoms with Crippen LogP contribution in [0.4, 0.5) is 0 Å². The molecule has 5 rings (SSSR count). The molecule has 27 heavy (non-hydrogen) atoms. The molecule has 3 amide bonds. The number of benzene rings is 1. The lowest BCUT2D eigenvalue weighted by Crippen LogP contribution is -2.36. The molecule has 0 radical (unpaired) electrons. The fourth-order valence-electron chi connectivity index (χ4n) is 4.79. The molecule has 3 atom stereocenters. The summed E-state index contributed by atoms with van der Waals surface area (Å²) in [6, 6.07) is 4.89. The number of likely N-dealkylation sites (tertiary alicyclic amines) is 1. The van der Waals surface area contributed by atoms with E-state index < -0.39 is 0 Å². The zero-order chi connectivity index (χ0) is 18.5. The van der Waals surface area contributed by atoms with E-state index in [0.717, 1.165) is 39.0 Å². The minimum Gasteiger partial charge on any atom is -0.376 e. The van der Waals surface area contributed by atoms with Gasteiger partial charge in [0.1, 0.15) is 0 Å². The number of hydrogen-bond donors (Lipinski definition) is 1. The van der Waals surface area contributed by atoms with Gasteiger partial charge in [0.05, 0.1) is 23.8 Å². The number of imide groups is 1. The van der Waals surface area contributed by atoms with Gasteiger partial charge in [-0.05, 0) is 42.9 Å². The largest absolute Gasteiger partial charge is 0.376 e. The van der Waals surface area contributed by atoms with E-state index in [1.165, 1.54) is 4.90 Å². The molecule has 4 aliphatic rings. The fourth-order valence-corrected chi connectivity index (χ4v) is 4.79. The lowest BCUT2D eigenvalue weighted by Gasteiger charge is -2.18. The van der Waals surface area contributed by atoms with Crippen LogP contribution in [0.25, 0.3) is 0 Å². The minimum atomic E-state index is -0.317. The first-order valence-electron chi connectivity index (χ1n) is 9.73. The van der Waals surface area contributed by atoms with Crippen LogP contribution in [0.2, 0.25) is 0 Å². The molecule has 3 saturated heterocycles. The number of nitrogens with one attached hydrogen (secondary N) is 1. The van der Waals surface area contributed by atoms with Crippen LogP contribution < -0.4 is 5.32 Å². The lowest BCUT2D eigenvalue weighted by atomic mass is 10.0. The highest BCUT2D eigenvalue weighted by Gasteiger charge is 2.40. The van der Waals surface area contributed by atoms with Gasteiger partial charge in [-0.1, -0.05) is 0 Å². The van der Waals surface area contributed by atoms with Crippen LogP contribution >= 0.6 is 0 Å². The number of ether oxygens (including phenoxy) is 1. The van der Waals surface area contributed by atoms with Crippen molar-refractivity contribution in [3.8, 4) is 0 Å². The second-order valence-corrected chi connectivity index (χ2v) is 8.00. The van der Waals surface area contributed by atoms with Crippen LogP contribution in [0, 0.1) is 11.8 Å². The Morgan fingerprint density at radius 3 is 2.56 bits per heavy atom. The van der Waals surface area contributed by atoms with E-state index in [0.29, 0.717) is 35.1 Å². The average Bonchev–Trinajstić information content (AvgIpc) is 3.43. The molecule has 0 bridgehead atoms. The van der Waals surface area contributed by atoms with Gasteiger partial charge in [0.15, 0.2) is 0 Å².